The topological polar surface area (TPSA) is 118 Å². The highest BCUT2D eigenvalue weighted by atomic mass is 16.4. The van der Waals surface area contributed by atoms with Gasteiger partial charge in [0.25, 0.3) is 0 Å². The van der Waals surface area contributed by atoms with Gasteiger partial charge in [0.05, 0.1) is 6.61 Å². The lowest BCUT2D eigenvalue weighted by atomic mass is 10.0. The fourth-order valence-corrected chi connectivity index (χ4v) is 0.713. The Bertz CT molecular complexity index is 187. The highest BCUT2D eigenvalue weighted by Gasteiger charge is 2.32. The first-order chi connectivity index (χ1) is 6.45. The molecule has 4 atom stereocenters. The molecule has 0 saturated heterocycles. The Morgan fingerprint density at radius 3 is 2.23 bits per heavy atom. The number of ketones is 1. The molecule has 78 valence electrons. The third kappa shape index (κ3) is 3.37. The quantitative estimate of drug-likeness (QED) is 0.319. The van der Waals surface area contributed by atoms with Crippen molar-refractivity contribution < 1.29 is 31.7 Å². The summed E-state index contributed by atoms with van der Waals surface area (Å²) in [5.74, 6) is -0.971. The molecule has 0 aliphatic carbocycles. The highest BCUT2D eigenvalue weighted by molar-refractivity contribution is 5.80. The number of carbonyl (C=O) groups excluding carboxylic acids is 1. The molecule has 6 nitrogen and oxygen atoms in total. The number of aliphatic hydroxyl groups excluding tert-OH is 5. The highest BCUT2D eigenvalue weighted by Crippen LogP contribution is 2.05. The van der Waals surface area contributed by atoms with Crippen LogP contribution in [0.4, 0.5) is 0 Å². The number of hydrogen-bond acceptors (Lipinski definition) is 6. The van der Waals surface area contributed by atoms with Crippen LogP contribution in [0.3, 0.4) is 0 Å². The molecule has 0 spiro atoms. The number of Topliss-reactive ketones (excluding diaryl/α,β-unsaturated/α-hetero) is 1. The molecule has 0 unspecified atom stereocenters. The smallest absolute Gasteiger partial charge is 0.160 e. The molecule has 0 fully saturated rings. The SMILES string of the molecule is [2H]CC(=O)[C@H](O)[C@@H](O)[C@H](O)[C@H](O)CO. The van der Waals surface area contributed by atoms with Gasteiger partial charge in [0.2, 0.25) is 0 Å². The van der Waals surface area contributed by atoms with Gasteiger partial charge < -0.3 is 25.5 Å². The Morgan fingerprint density at radius 2 is 1.85 bits per heavy atom. The maximum Gasteiger partial charge on any atom is 0.160 e. The number of rotatable bonds is 5. The van der Waals surface area contributed by atoms with Gasteiger partial charge in [0.1, 0.15) is 24.4 Å². The van der Waals surface area contributed by atoms with Gasteiger partial charge in [0.15, 0.2) is 5.78 Å². The van der Waals surface area contributed by atoms with Crippen LogP contribution in [0.1, 0.15) is 8.27 Å². The van der Waals surface area contributed by atoms with Crippen molar-refractivity contribution in [3.8, 4) is 0 Å². The molecule has 0 aliphatic heterocycles. The van der Waals surface area contributed by atoms with Gasteiger partial charge in [-0.3, -0.25) is 4.79 Å². The molecule has 0 aromatic heterocycles. The normalized spacial score (nSPS) is 21.5. The van der Waals surface area contributed by atoms with Crippen LogP contribution in [-0.4, -0.2) is 62.3 Å². The van der Waals surface area contributed by atoms with Crippen LogP contribution < -0.4 is 0 Å². The fraction of sp³-hybridized carbons (Fsp3) is 0.857. The van der Waals surface area contributed by atoms with E-state index < -0.39 is 43.7 Å². The second-order valence-electron chi connectivity index (χ2n) is 2.64. The zero-order valence-corrected chi connectivity index (χ0v) is 6.87. The van der Waals surface area contributed by atoms with Crippen molar-refractivity contribution in [1.29, 1.82) is 0 Å². The molecule has 0 radical (unpaired) electrons. The summed E-state index contributed by atoms with van der Waals surface area (Å²) >= 11 is 0. The maximum absolute atomic E-state index is 10.7. The van der Waals surface area contributed by atoms with Crippen molar-refractivity contribution in [3.05, 3.63) is 0 Å². The van der Waals surface area contributed by atoms with E-state index in [1.54, 1.807) is 0 Å². The van der Waals surface area contributed by atoms with Crippen molar-refractivity contribution in [2.24, 2.45) is 0 Å². The number of hydrogen-bond donors (Lipinski definition) is 5. The second-order valence-corrected chi connectivity index (χ2v) is 2.64. The number of aliphatic hydroxyl groups is 5. The molecular weight excluding hydrogens is 180 g/mol. The van der Waals surface area contributed by atoms with E-state index in [-0.39, 0.29) is 0 Å². The molecule has 0 aliphatic rings. The molecule has 0 heterocycles. The van der Waals surface area contributed by atoms with E-state index in [2.05, 4.69) is 0 Å². The molecular formula is C7H14O6. The summed E-state index contributed by atoms with van der Waals surface area (Å²) < 4.78 is 6.61. The van der Waals surface area contributed by atoms with E-state index in [0.717, 1.165) is 0 Å². The van der Waals surface area contributed by atoms with Crippen molar-refractivity contribution in [2.75, 3.05) is 6.61 Å². The second kappa shape index (κ2) is 5.25. The Morgan fingerprint density at radius 1 is 1.31 bits per heavy atom. The lowest BCUT2D eigenvalue weighted by Crippen LogP contribution is -2.48. The Labute approximate surface area is 76.5 Å². The van der Waals surface area contributed by atoms with Crippen LogP contribution in [0.5, 0.6) is 0 Å². The lowest BCUT2D eigenvalue weighted by molar-refractivity contribution is -0.145. The van der Waals surface area contributed by atoms with Crippen LogP contribution in [0.25, 0.3) is 0 Å². The van der Waals surface area contributed by atoms with E-state index in [1.165, 1.54) is 0 Å². The summed E-state index contributed by atoms with van der Waals surface area (Å²) in [5.41, 5.74) is 0. The minimum Gasteiger partial charge on any atom is -0.394 e. The summed E-state index contributed by atoms with van der Waals surface area (Å²) in [6.07, 6.45) is -7.30. The molecule has 6 heteroatoms. The monoisotopic (exact) mass is 195 g/mol. The Kier molecular flexibility index (Phi) is 4.26. The van der Waals surface area contributed by atoms with Crippen molar-refractivity contribution in [3.63, 3.8) is 0 Å². The zero-order valence-electron chi connectivity index (χ0n) is 7.87. The summed E-state index contributed by atoms with van der Waals surface area (Å²) in [7, 11) is 0. The largest absolute Gasteiger partial charge is 0.394 e. The van der Waals surface area contributed by atoms with Crippen molar-refractivity contribution in [2.45, 2.75) is 31.3 Å². The Hall–Kier alpha value is -0.530. The van der Waals surface area contributed by atoms with Crippen LogP contribution in [-0.2, 0) is 4.79 Å². The van der Waals surface area contributed by atoms with E-state index in [0.29, 0.717) is 0 Å². The van der Waals surface area contributed by atoms with E-state index in [4.69, 9.17) is 26.9 Å². The minimum absolute atomic E-state index is 0.736. The van der Waals surface area contributed by atoms with E-state index in [1.807, 2.05) is 0 Å². The average molecular weight is 195 g/mol. The van der Waals surface area contributed by atoms with Crippen LogP contribution in [0.2, 0.25) is 0 Å². The standard InChI is InChI=1S/C7H14O6/c1-3(9)5(11)7(13)6(12)4(10)2-8/h4-8,10-13H,2H2,1H3/t4-,5+,6-,7-/m1/s1/i1D. The first-order valence-electron chi connectivity index (χ1n) is 4.31. The molecule has 0 amide bonds. The zero-order chi connectivity index (χ0) is 11.3. The average Bonchev–Trinajstić information content (AvgIpc) is 2.23. The van der Waals surface area contributed by atoms with Gasteiger partial charge in [-0.1, -0.05) is 0 Å². The lowest BCUT2D eigenvalue weighted by Gasteiger charge is -2.23. The Balaban J connectivity index is 4.30. The predicted octanol–water partition coefficient (Wildman–Crippen LogP) is -2.99. The third-order valence-electron chi connectivity index (χ3n) is 1.58. The first-order valence-corrected chi connectivity index (χ1v) is 3.60. The summed E-state index contributed by atoms with van der Waals surface area (Å²) in [6.45, 7) is -1.54. The van der Waals surface area contributed by atoms with Gasteiger partial charge in [-0.05, 0) is 6.90 Å². The molecule has 5 N–H and O–H groups in total. The van der Waals surface area contributed by atoms with Crippen LogP contribution >= 0.6 is 0 Å². The first kappa shape index (κ1) is 10.6. The molecule has 0 aromatic carbocycles. The number of carbonyl (C=O) groups is 1. The molecule has 0 saturated carbocycles. The van der Waals surface area contributed by atoms with Crippen molar-refractivity contribution in [1.82, 2.24) is 0 Å². The van der Waals surface area contributed by atoms with Gasteiger partial charge in [-0.15, -0.1) is 0 Å². The molecule has 0 rings (SSSR count). The van der Waals surface area contributed by atoms with Crippen molar-refractivity contribution >= 4 is 5.78 Å². The van der Waals surface area contributed by atoms with Gasteiger partial charge in [0, 0.05) is 1.37 Å². The summed E-state index contributed by atoms with van der Waals surface area (Å²) in [6, 6.07) is 0. The molecule has 13 heavy (non-hydrogen) atoms. The molecule has 0 aromatic rings. The van der Waals surface area contributed by atoms with E-state index >= 15 is 0 Å². The third-order valence-corrected chi connectivity index (χ3v) is 1.58. The van der Waals surface area contributed by atoms with Crippen LogP contribution in [0, 0.1) is 0 Å². The minimum atomic E-state index is -1.93. The predicted molar refractivity (Wildman–Crippen MR) is 41.8 cm³/mol. The summed E-state index contributed by atoms with van der Waals surface area (Å²) in [4.78, 5) is 10.7. The maximum atomic E-state index is 10.7. The van der Waals surface area contributed by atoms with Gasteiger partial charge in [-0.25, -0.2) is 0 Å². The fourth-order valence-electron chi connectivity index (χ4n) is 0.713. The molecule has 0 bridgehead atoms. The van der Waals surface area contributed by atoms with Gasteiger partial charge >= 0.3 is 0 Å². The van der Waals surface area contributed by atoms with Crippen LogP contribution in [0.15, 0.2) is 0 Å². The summed E-state index contributed by atoms with van der Waals surface area (Å²) in [5, 5.41) is 44.5. The van der Waals surface area contributed by atoms with E-state index in [9.17, 15) is 4.79 Å². The van der Waals surface area contributed by atoms with Gasteiger partial charge in [-0.2, -0.15) is 0 Å².